The van der Waals surface area contributed by atoms with Crippen LogP contribution >= 0.6 is 11.6 Å². The van der Waals surface area contributed by atoms with E-state index in [1.54, 1.807) is 0 Å². The standard InChI is InChI=1S/C21H17ClN2/c22-17-12-10-16(11-13-17)21-14-20(15-6-2-1-3-7-15)23-18-8-4-5-9-19(18)24-21/h1-13,20,23H,14H2/t20-/m1/s1. The number of nitrogens with zero attached hydrogens (tertiary/aromatic N) is 1. The summed E-state index contributed by atoms with van der Waals surface area (Å²) >= 11 is 6.04. The number of hydrogen-bond donors (Lipinski definition) is 1. The van der Waals surface area contributed by atoms with E-state index in [0.717, 1.165) is 34.1 Å². The van der Waals surface area contributed by atoms with Gasteiger partial charge in [-0.2, -0.15) is 0 Å². The van der Waals surface area contributed by atoms with Gasteiger partial charge < -0.3 is 5.32 Å². The normalized spacial score (nSPS) is 16.5. The Morgan fingerprint density at radius 2 is 1.54 bits per heavy atom. The molecule has 0 aromatic heterocycles. The van der Waals surface area contributed by atoms with Crippen molar-refractivity contribution in [3.63, 3.8) is 0 Å². The maximum absolute atomic E-state index is 6.04. The fraction of sp³-hybridized carbons (Fsp3) is 0.0952. The van der Waals surface area contributed by atoms with Gasteiger partial charge in [-0.1, -0.05) is 66.2 Å². The summed E-state index contributed by atoms with van der Waals surface area (Å²) in [5, 5.41) is 4.39. The molecule has 0 saturated carbocycles. The van der Waals surface area contributed by atoms with E-state index in [4.69, 9.17) is 16.6 Å². The van der Waals surface area contributed by atoms with Crippen LogP contribution in [0.2, 0.25) is 5.02 Å². The quantitative estimate of drug-likeness (QED) is 0.610. The Kier molecular flexibility index (Phi) is 4.06. The zero-order valence-electron chi connectivity index (χ0n) is 13.1. The molecule has 1 heterocycles. The highest BCUT2D eigenvalue weighted by Crippen LogP contribution is 2.35. The molecule has 0 unspecified atom stereocenters. The zero-order valence-corrected chi connectivity index (χ0v) is 13.9. The predicted molar refractivity (Wildman–Crippen MR) is 102 cm³/mol. The summed E-state index contributed by atoms with van der Waals surface area (Å²) < 4.78 is 0. The highest BCUT2D eigenvalue weighted by molar-refractivity contribution is 6.30. The number of para-hydroxylation sites is 2. The molecule has 0 radical (unpaired) electrons. The van der Waals surface area contributed by atoms with E-state index in [9.17, 15) is 0 Å². The number of benzene rings is 3. The fourth-order valence-electron chi connectivity index (χ4n) is 3.03. The SMILES string of the molecule is Clc1ccc(C2=Nc3ccccc3N[C@@H](c3ccccc3)C2)cc1. The van der Waals surface area contributed by atoms with Gasteiger partial charge in [0.15, 0.2) is 0 Å². The highest BCUT2D eigenvalue weighted by atomic mass is 35.5. The second kappa shape index (κ2) is 6.50. The molecule has 1 aliphatic heterocycles. The van der Waals surface area contributed by atoms with Gasteiger partial charge in [0.25, 0.3) is 0 Å². The Bertz CT molecular complexity index is 870. The van der Waals surface area contributed by atoms with Crippen molar-refractivity contribution in [2.75, 3.05) is 5.32 Å². The zero-order chi connectivity index (χ0) is 16.4. The van der Waals surface area contributed by atoms with E-state index in [1.807, 2.05) is 48.5 Å². The molecule has 3 aromatic rings. The van der Waals surface area contributed by atoms with Crippen LogP contribution in [0.25, 0.3) is 0 Å². The van der Waals surface area contributed by atoms with Crippen molar-refractivity contribution in [2.24, 2.45) is 4.99 Å². The number of hydrogen-bond acceptors (Lipinski definition) is 2. The Balaban J connectivity index is 1.80. The van der Waals surface area contributed by atoms with E-state index in [-0.39, 0.29) is 6.04 Å². The van der Waals surface area contributed by atoms with Crippen LogP contribution in [0.15, 0.2) is 83.9 Å². The summed E-state index contributed by atoms with van der Waals surface area (Å²) in [5.74, 6) is 0. The highest BCUT2D eigenvalue weighted by Gasteiger charge is 2.20. The molecule has 0 aliphatic carbocycles. The van der Waals surface area contributed by atoms with Gasteiger partial charge >= 0.3 is 0 Å². The van der Waals surface area contributed by atoms with Crippen molar-refractivity contribution in [3.05, 3.63) is 95.0 Å². The number of aliphatic imine (C=N–C) groups is 1. The van der Waals surface area contributed by atoms with Crippen LogP contribution in [-0.4, -0.2) is 5.71 Å². The van der Waals surface area contributed by atoms with Crippen LogP contribution in [0.5, 0.6) is 0 Å². The summed E-state index contributed by atoms with van der Waals surface area (Å²) in [6.45, 7) is 0. The van der Waals surface area contributed by atoms with E-state index in [2.05, 4.69) is 35.6 Å². The summed E-state index contributed by atoms with van der Waals surface area (Å²) in [6, 6.07) is 26.8. The van der Waals surface area contributed by atoms with Gasteiger partial charge in [-0.25, -0.2) is 0 Å². The second-order valence-electron chi connectivity index (χ2n) is 5.89. The largest absolute Gasteiger partial charge is 0.376 e. The fourth-order valence-corrected chi connectivity index (χ4v) is 3.15. The second-order valence-corrected chi connectivity index (χ2v) is 6.33. The number of fused-ring (bicyclic) bond motifs is 1. The van der Waals surface area contributed by atoms with Gasteiger partial charge in [-0.05, 0) is 35.4 Å². The Labute approximate surface area is 146 Å². The maximum atomic E-state index is 6.04. The third-order valence-electron chi connectivity index (χ3n) is 4.27. The molecule has 0 saturated heterocycles. The molecule has 3 aromatic carbocycles. The average molecular weight is 333 g/mol. The molecule has 1 N–H and O–H groups in total. The average Bonchev–Trinajstić information content (AvgIpc) is 2.83. The first-order valence-electron chi connectivity index (χ1n) is 8.03. The van der Waals surface area contributed by atoms with E-state index in [0.29, 0.717) is 0 Å². The first-order chi connectivity index (χ1) is 11.8. The molecule has 0 amide bonds. The number of rotatable bonds is 2. The van der Waals surface area contributed by atoms with Crippen molar-refractivity contribution in [1.29, 1.82) is 0 Å². The summed E-state index contributed by atoms with van der Waals surface area (Å²) in [6.07, 6.45) is 0.820. The molecule has 3 heteroatoms. The number of anilines is 1. The van der Waals surface area contributed by atoms with Crippen LogP contribution < -0.4 is 5.32 Å². The summed E-state index contributed by atoms with van der Waals surface area (Å²) in [4.78, 5) is 4.93. The summed E-state index contributed by atoms with van der Waals surface area (Å²) in [7, 11) is 0. The molecule has 2 nitrogen and oxygen atoms in total. The van der Waals surface area contributed by atoms with E-state index >= 15 is 0 Å². The Morgan fingerprint density at radius 3 is 2.33 bits per heavy atom. The minimum Gasteiger partial charge on any atom is -0.376 e. The Morgan fingerprint density at radius 1 is 0.833 bits per heavy atom. The minimum atomic E-state index is 0.185. The number of nitrogens with one attached hydrogen (secondary N) is 1. The third kappa shape index (κ3) is 3.06. The molecule has 1 atom stereocenters. The van der Waals surface area contributed by atoms with Gasteiger partial charge in [0.2, 0.25) is 0 Å². The molecule has 24 heavy (non-hydrogen) atoms. The van der Waals surface area contributed by atoms with Crippen molar-refractivity contribution in [3.8, 4) is 0 Å². The minimum absolute atomic E-state index is 0.185. The third-order valence-corrected chi connectivity index (χ3v) is 4.52. The monoisotopic (exact) mass is 332 g/mol. The molecule has 0 fully saturated rings. The van der Waals surface area contributed by atoms with Crippen LogP contribution in [0, 0.1) is 0 Å². The summed E-state index contributed by atoms with van der Waals surface area (Å²) in [5.41, 5.74) is 5.48. The topological polar surface area (TPSA) is 24.4 Å². The van der Waals surface area contributed by atoms with Crippen molar-refractivity contribution in [2.45, 2.75) is 12.5 Å². The first kappa shape index (κ1) is 15.0. The van der Waals surface area contributed by atoms with E-state index < -0.39 is 0 Å². The van der Waals surface area contributed by atoms with Crippen LogP contribution in [0.4, 0.5) is 11.4 Å². The maximum Gasteiger partial charge on any atom is 0.0864 e. The van der Waals surface area contributed by atoms with Gasteiger partial charge in [-0.15, -0.1) is 0 Å². The lowest BCUT2D eigenvalue weighted by molar-refractivity contribution is 0.828. The van der Waals surface area contributed by atoms with Crippen LogP contribution in [0.3, 0.4) is 0 Å². The van der Waals surface area contributed by atoms with E-state index in [1.165, 1.54) is 5.56 Å². The molecule has 118 valence electrons. The van der Waals surface area contributed by atoms with Crippen molar-refractivity contribution < 1.29 is 0 Å². The lowest BCUT2D eigenvalue weighted by Gasteiger charge is -2.19. The number of halogens is 1. The molecule has 0 spiro atoms. The molecule has 0 bridgehead atoms. The van der Waals surface area contributed by atoms with Crippen molar-refractivity contribution in [1.82, 2.24) is 0 Å². The Hall–Kier alpha value is -2.58. The molecule has 4 rings (SSSR count). The predicted octanol–water partition coefficient (Wildman–Crippen LogP) is 6.02. The first-order valence-corrected chi connectivity index (χ1v) is 8.41. The van der Waals surface area contributed by atoms with Crippen molar-refractivity contribution >= 4 is 28.7 Å². The molecular weight excluding hydrogens is 316 g/mol. The smallest absolute Gasteiger partial charge is 0.0864 e. The molecular formula is C21H17ClN2. The van der Waals surface area contributed by atoms with Gasteiger partial charge in [0.1, 0.15) is 0 Å². The van der Waals surface area contributed by atoms with Crippen LogP contribution in [-0.2, 0) is 0 Å². The van der Waals surface area contributed by atoms with Crippen LogP contribution in [0.1, 0.15) is 23.6 Å². The van der Waals surface area contributed by atoms with Gasteiger partial charge in [0, 0.05) is 11.4 Å². The lowest BCUT2D eigenvalue weighted by atomic mass is 9.97. The lowest BCUT2D eigenvalue weighted by Crippen LogP contribution is -2.14. The molecule has 1 aliphatic rings. The van der Waals surface area contributed by atoms with Gasteiger partial charge in [-0.3, -0.25) is 4.99 Å². The van der Waals surface area contributed by atoms with Gasteiger partial charge in [0.05, 0.1) is 23.1 Å².